The maximum Gasteiger partial charge on any atom is 0.428 e. The number of cyclic esters (lactones) is 1. The standard InChI is InChI=1S/C24H22F2N6O4/c1-30-20-17-11-15(5-8-19(17)29-21(27)18(20)12-28-30)22(33)32(31-9-2-10-35-24(31)34)13-14-3-6-16(7-4-14)36-23(25)26/h3-8,11-12,23H,2,9-10,13H2,1H3,(H2,27,29). The second-order valence-electron chi connectivity index (χ2n) is 8.24. The lowest BCUT2D eigenvalue weighted by atomic mass is 10.1. The van der Waals surface area contributed by atoms with Crippen LogP contribution < -0.4 is 10.5 Å². The number of carbonyl (C=O) groups is 2. The summed E-state index contributed by atoms with van der Waals surface area (Å²) in [5, 5.41) is 8.14. The Labute approximate surface area is 203 Å². The zero-order chi connectivity index (χ0) is 25.4. The van der Waals surface area contributed by atoms with E-state index in [0.717, 1.165) is 5.52 Å². The van der Waals surface area contributed by atoms with E-state index in [1.165, 1.54) is 22.2 Å². The highest BCUT2D eigenvalue weighted by Crippen LogP contribution is 2.29. The molecule has 2 amide bonds. The van der Waals surface area contributed by atoms with E-state index >= 15 is 0 Å². The van der Waals surface area contributed by atoms with E-state index in [1.807, 2.05) is 0 Å². The monoisotopic (exact) mass is 496 g/mol. The highest BCUT2D eigenvalue weighted by molar-refractivity contribution is 6.10. The zero-order valence-corrected chi connectivity index (χ0v) is 19.2. The minimum Gasteiger partial charge on any atom is -0.448 e. The minimum atomic E-state index is -2.94. The van der Waals surface area contributed by atoms with Crippen LogP contribution in [0.5, 0.6) is 5.75 Å². The molecule has 1 aliphatic heterocycles. The molecule has 0 unspecified atom stereocenters. The van der Waals surface area contributed by atoms with Crippen molar-refractivity contribution >= 4 is 39.6 Å². The van der Waals surface area contributed by atoms with Gasteiger partial charge in [-0.05, 0) is 35.9 Å². The molecule has 1 aliphatic rings. The molecule has 0 atom stereocenters. The van der Waals surface area contributed by atoms with Crippen molar-refractivity contribution in [2.45, 2.75) is 19.6 Å². The maximum absolute atomic E-state index is 13.8. The molecule has 12 heteroatoms. The predicted octanol–water partition coefficient (Wildman–Crippen LogP) is 3.70. The number of pyridine rings is 1. The summed E-state index contributed by atoms with van der Waals surface area (Å²) in [5.41, 5.74) is 8.31. The number of rotatable bonds is 6. The largest absolute Gasteiger partial charge is 0.448 e. The van der Waals surface area contributed by atoms with Crippen molar-refractivity contribution in [3.63, 3.8) is 0 Å². The van der Waals surface area contributed by atoms with Gasteiger partial charge in [0.15, 0.2) is 0 Å². The lowest BCUT2D eigenvalue weighted by Gasteiger charge is -2.36. The molecule has 0 aliphatic carbocycles. The van der Waals surface area contributed by atoms with Crippen LogP contribution in [0.15, 0.2) is 48.7 Å². The van der Waals surface area contributed by atoms with Crippen molar-refractivity contribution in [1.82, 2.24) is 24.8 Å². The van der Waals surface area contributed by atoms with Gasteiger partial charge in [-0.25, -0.2) is 19.8 Å². The van der Waals surface area contributed by atoms with Crippen LogP contribution in [0.2, 0.25) is 0 Å². The molecule has 0 radical (unpaired) electrons. The Morgan fingerprint density at radius 2 is 2.00 bits per heavy atom. The number of halogens is 2. The molecule has 4 aromatic rings. The molecular weight excluding hydrogens is 474 g/mol. The highest BCUT2D eigenvalue weighted by atomic mass is 19.3. The number of ether oxygens (including phenoxy) is 2. The molecule has 1 saturated heterocycles. The second-order valence-corrected chi connectivity index (χ2v) is 8.24. The summed E-state index contributed by atoms with van der Waals surface area (Å²) >= 11 is 0. The van der Waals surface area contributed by atoms with E-state index in [4.69, 9.17) is 10.5 Å². The number of hydrogen-bond acceptors (Lipinski definition) is 7. The molecule has 3 heterocycles. The summed E-state index contributed by atoms with van der Waals surface area (Å²) in [6.45, 7) is -2.39. The van der Waals surface area contributed by atoms with Gasteiger partial charge in [0, 0.05) is 31.0 Å². The Balaban J connectivity index is 1.52. The van der Waals surface area contributed by atoms with E-state index in [9.17, 15) is 18.4 Å². The molecule has 0 bridgehead atoms. The third-order valence-electron chi connectivity index (χ3n) is 5.91. The number of nitrogen functional groups attached to an aromatic ring is 1. The number of hydrogen-bond donors (Lipinski definition) is 1. The van der Waals surface area contributed by atoms with Gasteiger partial charge >= 0.3 is 12.7 Å². The van der Waals surface area contributed by atoms with Crippen LogP contribution in [-0.4, -0.2) is 56.5 Å². The normalized spacial score (nSPS) is 13.9. The Hall–Kier alpha value is -4.48. The van der Waals surface area contributed by atoms with Crippen LogP contribution in [0.1, 0.15) is 22.3 Å². The maximum atomic E-state index is 13.8. The third kappa shape index (κ3) is 4.32. The van der Waals surface area contributed by atoms with Crippen LogP contribution >= 0.6 is 0 Å². The first kappa shape index (κ1) is 23.3. The van der Waals surface area contributed by atoms with Gasteiger partial charge in [0.1, 0.15) is 11.6 Å². The number of fused-ring (bicyclic) bond motifs is 3. The van der Waals surface area contributed by atoms with Crippen molar-refractivity contribution in [3.8, 4) is 5.75 Å². The summed E-state index contributed by atoms with van der Waals surface area (Å²) < 4.78 is 36.2. The van der Waals surface area contributed by atoms with E-state index in [0.29, 0.717) is 39.7 Å². The number of alkyl halides is 2. The number of hydrazine groups is 1. The Morgan fingerprint density at radius 3 is 2.72 bits per heavy atom. The van der Waals surface area contributed by atoms with Crippen molar-refractivity contribution < 1.29 is 27.8 Å². The Morgan fingerprint density at radius 1 is 1.22 bits per heavy atom. The lowest BCUT2D eigenvalue weighted by molar-refractivity contribution is -0.0499. The van der Waals surface area contributed by atoms with E-state index in [2.05, 4.69) is 14.8 Å². The SMILES string of the molecule is Cn1ncc2c(N)nc3ccc(C(=O)N(Cc4ccc(OC(F)F)cc4)N4CCCOC4=O)cc3c21. The number of nitrogens with two attached hydrogens (primary N) is 1. The quantitative estimate of drug-likeness (QED) is 0.433. The fraction of sp³-hybridized carbons (Fsp3) is 0.250. The molecule has 5 rings (SSSR count). The topological polar surface area (TPSA) is 116 Å². The van der Waals surface area contributed by atoms with Crippen molar-refractivity contribution in [2.24, 2.45) is 7.05 Å². The summed E-state index contributed by atoms with van der Waals surface area (Å²) in [7, 11) is 1.77. The van der Waals surface area contributed by atoms with Crippen LogP contribution in [0.4, 0.5) is 19.4 Å². The fourth-order valence-electron chi connectivity index (χ4n) is 4.21. The van der Waals surface area contributed by atoms with Gasteiger partial charge in [-0.15, -0.1) is 0 Å². The van der Waals surface area contributed by atoms with Crippen LogP contribution in [0.3, 0.4) is 0 Å². The van der Waals surface area contributed by atoms with Crippen LogP contribution in [0, 0.1) is 0 Å². The van der Waals surface area contributed by atoms with Crippen molar-refractivity contribution in [3.05, 3.63) is 59.8 Å². The summed E-state index contributed by atoms with van der Waals surface area (Å²) in [5.74, 6) is -0.122. The number of amides is 2. The van der Waals surface area contributed by atoms with Gasteiger partial charge in [0.25, 0.3) is 5.91 Å². The molecule has 36 heavy (non-hydrogen) atoms. The molecule has 2 aromatic carbocycles. The van der Waals surface area contributed by atoms with Gasteiger partial charge in [-0.3, -0.25) is 9.48 Å². The van der Waals surface area contributed by atoms with Gasteiger partial charge < -0.3 is 15.2 Å². The average molecular weight is 496 g/mol. The average Bonchev–Trinajstić information content (AvgIpc) is 3.26. The first-order valence-electron chi connectivity index (χ1n) is 11.1. The highest BCUT2D eigenvalue weighted by Gasteiger charge is 2.31. The molecule has 2 aromatic heterocycles. The molecular formula is C24H22F2N6O4. The Kier molecular flexibility index (Phi) is 6.00. The van der Waals surface area contributed by atoms with Crippen molar-refractivity contribution in [1.29, 1.82) is 0 Å². The number of anilines is 1. The van der Waals surface area contributed by atoms with Gasteiger partial charge in [-0.2, -0.15) is 13.9 Å². The van der Waals surface area contributed by atoms with E-state index < -0.39 is 18.6 Å². The van der Waals surface area contributed by atoms with Crippen LogP contribution in [0.25, 0.3) is 21.8 Å². The van der Waals surface area contributed by atoms with E-state index in [-0.39, 0.29) is 25.4 Å². The number of aryl methyl sites for hydroxylation is 1. The van der Waals surface area contributed by atoms with Gasteiger partial charge in [0.2, 0.25) is 0 Å². The Bertz CT molecular complexity index is 1460. The van der Waals surface area contributed by atoms with Crippen molar-refractivity contribution in [2.75, 3.05) is 18.9 Å². The summed E-state index contributed by atoms with van der Waals surface area (Å²) in [4.78, 5) is 30.7. The fourth-order valence-corrected chi connectivity index (χ4v) is 4.21. The number of benzene rings is 2. The zero-order valence-electron chi connectivity index (χ0n) is 19.2. The first-order valence-corrected chi connectivity index (χ1v) is 11.1. The number of carbonyl (C=O) groups excluding carboxylic acids is 2. The van der Waals surface area contributed by atoms with Gasteiger partial charge in [0.05, 0.1) is 35.8 Å². The van der Waals surface area contributed by atoms with E-state index in [1.54, 1.807) is 48.3 Å². The van der Waals surface area contributed by atoms with Crippen LogP contribution in [-0.2, 0) is 18.3 Å². The minimum absolute atomic E-state index is 0.00202. The first-order chi connectivity index (χ1) is 17.3. The second kappa shape index (κ2) is 9.29. The predicted molar refractivity (Wildman–Crippen MR) is 126 cm³/mol. The molecule has 0 saturated carbocycles. The number of aromatic nitrogens is 3. The lowest BCUT2D eigenvalue weighted by Crippen LogP contribution is -2.52. The molecule has 186 valence electrons. The molecule has 0 spiro atoms. The summed E-state index contributed by atoms with van der Waals surface area (Å²) in [6, 6.07) is 10.9. The van der Waals surface area contributed by atoms with Gasteiger partial charge in [-0.1, -0.05) is 12.1 Å². The molecule has 1 fully saturated rings. The summed E-state index contributed by atoms with van der Waals surface area (Å²) in [6.07, 6.45) is 1.52. The smallest absolute Gasteiger partial charge is 0.428 e. The molecule has 10 nitrogen and oxygen atoms in total. The third-order valence-corrected chi connectivity index (χ3v) is 5.91. The number of nitrogens with zero attached hydrogens (tertiary/aromatic N) is 5. The molecule has 2 N–H and O–H groups in total.